The second kappa shape index (κ2) is 10.3. The lowest BCUT2D eigenvalue weighted by molar-refractivity contribution is 0.148. The third-order valence-corrected chi connectivity index (χ3v) is 5.95. The van der Waals surface area contributed by atoms with Crippen molar-refractivity contribution in [3.05, 3.63) is 78.2 Å². The second-order valence-electron chi connectivity index (χ2n) is 9.66. The summed E-state index contributed by atoms with van der Waals surface area (Å²) in [5, 5.41) is 10.1. The minimum absolute atomic E-state index is 0.154. The lowest BCUT2D eigenvalue weighted by Gasteiger charge is -2.39. The molecule has 9 heteroatoms. The van der Waals surface area contributed by atoms with E-state index in [2.05, 4.69) is 83.9 Å². The van der Waals surface area contributed by atoms with Gasteiger partial charge in [-0.1, -0.05) is 18.2 Å². The standard InChI is InChI=1S/C27H31N9/c1-19-5-4-6-22(31-19)25-28-13-11-23(34-25)33-24-12-14-29-26(35-24)32-21-9-7-20(8-10-21)17-36-16-15-30-27(2,3)18-36/h4-14,30H,15-18H2,1-3H3,(H2,28,29,32,33,34,35). The quantitative estimate of drug-likeness (QED) is 0.356. The SMILES string of the molecule is Cc1cccc(-c2nccc(Nc3ccnc(Nc4ccc(CN5CCNC(C)(C)C5)cc4)n3)n2)n1. The van der Waals surface area contributed by atoms with E-state index in [0.29, 0.717) is 23.4 Å². The number of nitrogens with zero attached hydrogens (tertiary/aromatic N) is 6. The number of hydrogen-bond acceptors (Lipinski definition) is 9. The van der Waals surface area contributed by atoms with Crippen LogP contribution < -0.4 is 16.0 Å². The van der Waals surface area contributed by atoms with Crippen LogP contribution in [0.1, 0.15) is 25.1 Å². The van der Waals surface area contributed by atoms with Crippen LogP contribution in [0.25, 0.3) is 11.5 Å². The first-order chi connectivity index (χ1) is 17.4. The van der Waals surface area contributed by atoms with E-state index in [4.69, 9.17) is 0 Å². The van der Waals surface area contributed by atoms with Crippen molar-refractivity contribution in [1.29, 1.82) is 0 Å². The van der Waals surface area contributed by atoms with Gasteiger partial charge in [-0.3, -0.25) is 4.90 Å². The smallest absolute Gasteiger partial charge is 0.229 e. The van der Waals surface area contributed by atoms with Crippen molar-refractivity contribution in [3.63, 3.8) is 0 Å². The Kier molecular flexibility index (Phi) is 6.84. The number of piperazine rings is 1. The molecular formula is C27H31N9. The van der Waals surface area contributed by atoms with Crippen LogP contribution in [0.2, 0.25) is 0 Å². The van der Waals surface area contributed by atoms with Gasteiger partial charge in [-0.2, -0.15) is 4.98 Å². The molecule has 36 heavy (non-hydrogen) atoms. The van der Waals surface area contributed by atoms with E-state index in [-0.39, 0.29) is 5.54 Å². The summed E-state index contributed by atoms with van der Waals surface area (Å²) < 4.78 is 0. The Labute approximate surface area is 211 Å². The van der Waals surface area contributed by atoms with Crippen LogP contribution in [0.3, 0.4) is 0 Å². The Morgan fingerprint density at radius 3 is 2.44 bits per heavy atom. The fourth-order valence-electron chi connectivity index (χ4n) is 4.30. The van der Waals surface area contributed by atoms with Crippen molar-refractivity contribution in [2.24, 2.45) is 0 Å². The number of pyridine rings is 1. The van der Waals surface area contributed by atoms with E-state index in [9.17, 15) is 0 Å². The monoisotopic (exact) mass is 481 g/mol. The predicted molar refractivity (Wildman–Crippen MR) is 142 cm³/mol. The van der Waals surface area contributed by atoms with Crippen molar-refractivity contribution in [1.82, 2.24) is 35.1 Å². The van der Waals surface area contributed by atoms with E-state index >= 15 is 0 Å². The highest BCUT2D eigenvalue weighted by Gasteiger charge is 2.25. The molecule has 0 unspecified atom stereocenters. The van der Waals surface area contributed by atoms with Gasteiger partial charge < -0.3 is 16.0 Å². The summed E-state index contributed by atoms with van der Waals surface area (Å²) in [5.74, 6) is 2.33. The van der Waals surface area contributed by atoms with Gasteiger partial charge in [-0.15, -0.1) is 0 Å². The molecule has 1 aliphatic rings. The molecule has 0 amide bonds. The Hall–Kier alpha value is -3.95. The molecule has 0 aliphatic carbocycles. The number of aryl methyl sites for hydroxylation is 1. The lowest BCUT2D eigenvalue weighted by atomic mass is 10.0. The van der Waals surface area contributed by atoms with Gasteiger partial charge in [0, 0.05) is 55.5 Å². The summed E-state index contributed by atoms with van der Waals surface area (Å²) in [6.07, 6.45) is 3.42. The minimum atomic E-state index is 0.154. The van der Waals surface area contributed by atoms with E-state index in [1.54, 1.807) is 24.5 Å². The van der Waals surface area contributed by atoms with Crippen LogP contribution in [0.5, 0.6) is 0 Å². The molecule has 0 radical (unpaired) electrons. The molecule has 1 aromatic carbocycles. The fraction of sp³-hybridized carbons (Fsp3) is 0.296. The Morgan fingerprint density at radius 2 is 1.67 bits per heavy atom. The zero-order valence-corrected chi connectivity index (χ0v) is 20.9. The largest absolute Gasteiger partial charge is 0.325 e. The molecule has 4 aromatic rings. The molecule has 1 fully saturated rings. The molecule has 5 rings (SSSR count). The van der Waals surface area contributed by atoms with Crippen LogP contribution in [-0.2, 0) is 6.54 Å². The molecule has 0 atom stereocenters. The third-order valence-electron chi connectivity index (χ3n) is 5.95. The van der Waals surface area contributed by atoms with Crippen molar-refractivity contribution in [2.45, 2.75) is 32.9 Å². The number of benzene rings is 1. The zero-order valence-electron chi connectivity index (χ0n) is 20.9. The molecular weight excluding hydrogens is 450 g/mol. The number of rotatable bonds is 7. The van der Waals surface area contributed by atoms with Crippen molar-refractivity contribution < 1.29 is 0 Å². The van der Waals surface area contributed by atoms with Crippen LogP contribution >= 0.6 is 0 Å². The molecule has 4 heterocycles. The van der Waals surface area contributed by atoms with Gasteiger partial charge in [0.1, 0.15) is 17.3 Å². The average Bonchev–Trinajstić information content (AvgIpc) is 2.85. The Morgan fingerprint density at radius 1 is 0.889 bits per heavy atom. The summed E-state index contributed by atoms with van der Waals surface area (Å²) in [6, 6.07) is 17.8. The summed E-state index contributed by atoms with van der Waals surface area (Å²) >= 11 is 0. The first kappa shape index (κ1) is 23.8. The highest BCUT2D eigenvalue weighted by molar-refractivity contribution is 5.59. The Balaban J connectivity index is 1.23. The summed E-state index contributed by atoms with van der Waals surface area (Å²) in [7, 11) is 0. The predicted octanol–water partition coefficient (Wildman–Crippen LogP) is 4.31. The average molecular weight is 482 g/mol. The molecule has 0 spiro atoms. The van der Waals surface area contributed by atoms with Gasteiger partial charge in [0.2, 0.25) is 5.95 Å². The normalized spacial score (nSPS) is 15.4. The van der Waals surface area contributed by atoms with Crippen molar-refractivity contribution in [2.75, 3.05) is 30.3 Å². The first-order valence-electron chi connectivity index (χ1n) is 12.1. The van der Waals surface area contributed by atoms with Crippen LogP contribution in [0.15, 0.2) is 67.0 Å². The second-order valence-corrected chi connectivity index (χ2v) is 9.66. The number of anilines is 4. The van der Waals surface area contributed by atoms with Crippen LogP contribution in [0, 0.1) is 6.92 Å². The topological polar surface area (TPSA) is 104 Å². The molecule has 9 nitrogen and oxygen atoms in total. The van der Waals surface area contributed by atoms with Gasteiger partial charge in [-0.05, 0) is 62.7 Å². The molecule has 0 saturated carbocycles. The molecule has 1 aliphatic heterocycles. The van der Waals surface area contributed by atoms with Gasteiger partial charge in [0.25, 0.3) is 0 Å². The number of nitrogens with one attached hydrogen (secondary N) is 3. The van der Waals surface area contributed by atoms with Crippen LogP contribution in [0.4, 0.5) is 23.3 Å². The summed E-state index contributed by atoms with van der Waals surface area (Å²) in [5.41, 5.74) is 4.03. The van der Waals surface area contributed by atoms with Gasteiger partial charge in [0.15, 0.2) is 5.82 Å². The Bertz CT molecular complexity index is 1320. The maximum absolute atomic E-state index is 4.59. The minimum Gasteiger partial charge on any atom is -0.325 e. The molecule has 3 N–H and O–H groups in total. The maximum Gasteiger partial charge on any atom is 0.229 e. The first-order valence-corrected chi connectivity index (χ1v) is 12.1. The van der Waals surface area contributed by atoms with Gasteiger partial charge >= 0.3 is 0 Å². The van der Waals surface area contributed by atoms with Crippen molar-refractivity contribution >= 4 is 23.3 Å². The van der Waals surface area contributed by atoms with E-state index in [0.717, 1.165) is 43.3 Å². The lowest BCUT2D eigenvalue weighted by Crippen LogP contribution is -2.56. The zero-order chi connectivity index (χ0) is 25.0. The number of hydrogen-bond donors (Lipinski definition) is 3. The summed E-state index contributed by atoms with van der Waals surface area (Å²) in [4.78, 5) is 24.9. The van der Waals surface area contributed by atoms with E-state index in [1.807, 2.05) is 25.1 Å². The van der Waals surface area contributed by atoms with Gasteiger partial charge in [-0.25, -0.2) is 19.9 Å². The fourth-order valence-corrected chi connectivity index (χ4v) is 4.30. The number of aromatic nitrogens is 5. The van der Waals surface area contributed by atoms with Crippen LogP contribution in [-0.4, -0.2) is 55.0 Å². The third kappa shape index (κ3) is 6.18. The molecule has 184 valence electrons. The molecule has 3 aromatic heterocycles. The molecule has 0 bridgehead atoms. The highest BCUT2D eigenvalue weighted by atomic mass is 15.2. The molecule has 1 saturated heterocycles. The van der Waals surface area contributed by atoms with Gasteiger partial charge in [0.05, 0.1) is 0 Å². The van der Waals surface area contributed by atoms with E-state index < -0.39 is 0 Å². The maximum atomic E-state index is 4.59. The van der Waals surface area contributed by atoms with Crippen molar-refractivity contribution in [3.8, 4) is 11.5 Å². The van der Waals surface area contributed by atoms with E-state index in [1.165, 1.54) is 5.56 Å². The highest BCUT2D eigenvalue weighted by Crippen LogP contribution is 2.20. The summed E-state index contributed by atoms with van der Waals surface area (Å²) in [6.45, 7) is 10.5.